The second kappa shape index (κ2) is 9.08. The van der Waals surface area contributed by atoms with Gasteiger partial charge in [0, 0.05) is 36.3 Å². The van der Waals surface area contributed by atoms with E-state index in [0.29, 0.717) is 5.92 Å². The zero-order valence-electron chi connectivity index (χ0n) is 17.6. The second-order valence-electron chi connectivity index (χ2n) is 8.12. The normalized spacial score (nSPS) is 14.7. The second-order valence-corrected chi connectivity index (χ2v) is 8.12. The summed E-state index contributed by atoms with van der Waals surface area (Å²) in [4.78, 5) is 24.0. The summed E-state index contributed by atoms with van der Waals surface area (Å²) in [5.74, 6) is 1.44. The molecule has 4 rings (SSSR count). The molecule has 0 radical (unpaired) electrons. The zero-order chi connectivity index (χ0) is 20.9. The maximum atomic E-state index is 12.9. The van der Waals surface area contributed by atoms with Gasteiger partial charge in [-0.2, -0.15) is 0 Å². The number of amides is 1. The van der Waals surface area contributed by atoms with Gasteiger partial charge in [-0.15, -0.1) is 0 Å². The summed E-state index contributed by atoms with van der Waals surface area (Å²) in [7, 11) is 0. The van der Waals surface area contributed by atoms with Crippen LogP contribution in [-0.4, -0.2) is 29.0 Å². The van der Waals surface area contributed by atoms with E-state index in [1.807, 2.05) is 42.5 Å². The number of anilines is 2. The van der Waals surface area contributed by atoms with Crippen molar-refractivity contribution in [1.82, 2.24) is 9.97 Å². The third-order valence-corrected chi connectivity index (χ3v) is 5.75. The minimum Gasteiger partial charge on any atom is -0.356 e. The number of hydrogen-bond acceptors (Lipinski definition) is 4. The van der Waals surface area contributed by atoms with E-state index in [2.05, 4.69) is 52.2 Å². The number of rotatable bonds is 5. The van der Waals surface area contributed by atoms with Crippen LogP contribution in [0, 0.1) is 5.92 Å². The van der Waals surface area contributed by atoms with Crippen LogP contribution in [0.1, 0.15) is 38.2 Å². The maximum Gasteiger partial charge on any atom is 0.227 e. The molecule has 0 spiro atoms. The summed E-state index contributed by atoms with van der Waals surface area (Å²) in [6.45, 7) is 5.92. The number of hydrogen-bond donors (Lipinski definition) is 1. The molecule has 0 unspecified atom stereocenters. The lowest BCUT2D eigenvalue weighted by atomic mass is 9.95. The number of nitrogens with one attached hydrogen (secondary N) is 1. The Bertz CT molecular complexity index is 995. The van der Waals surface area contributed by atoms with E-state index in [4.69, 9.17) is 0 Å². The van der Waals surface area contributed by atoms with Gasteiger partial charge < -0.3 is 10.2 Å². The smallest absolute Gasteiger partial charge is 0.227 e. The Balaban J connectivity index is 1.39. The Morgan fingerprint density at radius 2 is 1.70 bits per heavy atom. The molecule has 2 heterocycles. The van der Waals surface area contributed by atoms with Gasteiger partial charge in [-0.05, 0) is 30.4 Å². The molecule has 5 nitrogen and oxygen atoms in total. The molecule has 0 atom stereocenters. The molecule has 1 aromatic heterocycles. The van der Waals surface area contributed by atoms with E-state index in [-0.39, 0.29) is 11.8 Å². The minimum absolute atomic E-state index is 0.0249. The Hall–Kier alpha value is -3.21. The molecule has 154 valence electrons. The van der Waals surface area contributed by atoms with Crippen molar-refractivity contribution in [2.75, 3.05) is 23.3 Å². The molecule has 1 fully saturated rings. The van der Waals surface area contributed by atoms with Crippen LogP contribution in [0.4, 0.5) is 11.5 Å². The molecule has 0 bridgehead atoms. The van der Waals surface area contributed by atoms with Gasteiger partial charge >= 0.3 is 0 Å². The van der Waals surface area contributed by atoms with Gasteiger partial charge in [0.25, 0.3) is 0 Å². The van der Waals surface area contributed by atoms with E-state index in [9.17, 15) is 4.79 Å². The van der Waals surface area contributed by atoms with E-state index < -0.39 is 0 Å². The molecule has 30 heavy (non-hydrogen) atoms. The quantitative estimate of drug-likeness (QED) is 0.646. The monoisotopic (exact) mass is 400 g/mol. The summed E-state index contributed by atoms with van der Waals surface area (Å²) in [6, 6.07) is 20.2. The molecule has 0 saturated carbocycles. The zero-order valence-corrected chi connectivity index (χ0v) is 17.6. The summed E-state index contributed by atoms with van der Waals surface area (Å²) in [5, 5.41) is 3.16. The predicted octanol–water partition coefficient (Wildman–Crippen LogP) is 5.12. The van der Waals surface area contributed by atoms with Crippen molar-refractivity contribution in [3.8, 4) is 11.3 Å². The average molecular weight is 401 g/mol. The van der Waals surface area contributed by atoms with Crippen LogP contribution in [0.5, 0.6) is 0 Å². The summed E-state index contributed by atoms with van der Waals surface area (Å²) in [5.41, 5.74) is 4.12. The Morgan fingerprint density at radius 3 is 2.43 bits per heavy atom. The molecule has 5 heteroatoms. The van der Waals surface area contributed by atoms with Crippen molar-refractivity contribution >= 4 is 17.4 Å². The van der Waals surface area contributed by atoms with Gasteiger partial charge in [0.2, 0.25) is 5.91 Å². The number of aromatic nitrogens is 2. The number of nitrogens with zero attached hydrogens (tertiary/aromatic N) is 3. The summed E-state index contributed by atoms with van der Waals surface area (Å²) in [6.07, 6.45) is 3.26. The first-order valence-corrected chi connectivity index (χ1v) is 10.6. The highest BCUT2D eigenvalue weighted by atomic mass is 16.1. The number of carbonyl (C=O) groups excluding carboxylic acids is 1. The lowest BCUT2D eigenvalue weighted by Crippen LogP contribution is -2.38. The average Bonchev–Trinajstić information content (AvgIpc) is 2.80. The number of benzene rings is 2. The third-order valence-electron chi connectivity index (χ3n) is 5.75. The molecule has 1 N–H and O–H groups in total. The van der Waals surface area contributed by atoms with E-state index >= 15 is 0 Å². The number of carbonyl (C=O) groups is 1. The van der Waals surface area contributed by atoms with Crippen LogP contribution in [-0.2, 0) is 4.79 Å². The first-order chi connectivity index (χ1) is 14.6. The van der Waals surface area contributed by atoms with Crippen LogP contribution in [0.2, 0.25) is 0 Å². The predicted molar refractivity (Wildman–Crippen MR) is 122 cm³/mol. The molecule has 1 amide bonds. The number of piperidine rings is 1. The first kappa shape index (κ1) is 20.1. The van der Waals surface area contributed by atoms with Crippen molar-refractivity contribution in [2.24, 2.45) is 5.92 Å². The lowest BCUT2D eigenvalue weighted by molar-refractivity contribution is -0.120. The SMILES string of the molecule is CC(C)c1ccccc1NC(=O)C1CCN(c2cc(-c3ccccc3)ncn2)CC1. The van der Waals surface area contributed by atoms with Gasteiger partial charge in [-0.1, -0.05) is 62.4 Å². The molecule has 2 aromatic carbocycles. The highest BCUT2D eigenvalue weighted by molar-refractivity contribution is 5.93. The van der Waals surface area contributed by atoms with E-state index in [0.717, 1.165) is 48.7 Å². The molecule has 1 aliphatic heterocycles. The van der Waals surface area contributed by atoms with E-state index in [1.165, 1.54) is 5.56 Å². The van der Waals surface area contributed by atoms with Crippen molar-refractivity contribution < 1.29 is 4.79 Å². The third kappa shape index (κ3) is 4.51. The van der Waals surface area contributed by atoms with Gasteiger partial charge in [-0.25, -0.2) is 9.97 Å². The van der Waals surface area contributed by atoms with Crippen molar-refractivity contribution in [2.45, 2.75) is 32.6 Å². The largest absolute Gasteiger partial charge is 0.356 e. The highest BCUT2D eigenvalue weighted by Gasteiger charge is 2.26. The minimum atomic E-state index is 0.0249. The van der Waals surface area contributed by atoms with Crippen LogP contribution in [0.3, 0.4) is 0 Å². The van der Waals surface area contributed by atoms with Gasteiger partial charge in [0.05, 0.1) is 5.69 Å². The van der Waals surface area contributed by atoms with Crippen molar-refractivity contribution in [3.63, 3.8) is 0 Å². The van der Waals surface area contributed by atoms with Crippen LogP contribution in [0.15, 0.2) is 67.0 Å². The first-order valence-electron chi connectivity index (χ1n) is 10.6. The highest BCUT2D eigenvalue weighted by Crippen LogP contribution is 2.28. The fourth-order valence-electron chi connectivity index (χ4n) is 4.01. The topological polar surface area (TPSA) is 58.1 Å². The maximum absolute atomic E-state index is 12.9. The van der Waals surface area contributed by atoms with Crippen LogP contribution >= 0.6 is 0 Å². The molecule has 1 saturated heterocycles. The number of para-hydroxylation sites is 1. The standard InChI is InChI=1S/C25H28N4O/c1-18(2)21-10-6-7-11-22(21)28-25(30)20-12-14-29(15-13-20)24-16-23(26-17-27-24)19-8-4-3-5-9-19/h3-11,16-18,20H,12-15H2,1-2H3,(H,28,30). The molecule has 0 aliphatic carbocycles. The molecule has 3 aromatic rings. The Morgan fingerprint density at radius 1 is 1.00 bits per heavy atom. The van der Waals surface area contributed by atoms with Crippen LogP contribution < -0.4 is 10.2 Å². The van der Waals surface area contributed by atoms with Gasteiger partial charge in [-0.3, -0.25) is 4.79 Å². The summed E-state index contributed by atoms with van der Waals surface area (Å²) >= 11 is 0. The Labute approximate surface area is 178 Å². The van der Waals surface area contributed by atoms with Crippen LogP contribution in [0.25, 0.3) is 11.3 Å². The van der Waals surface area contributed by atoms with Crippen molar-refractivity contribution in [1.29, 1.82) is 0 Å². The molecular formula is C25H28N4O. The fourth-order valence-corrected chi connectivity index (χ4v) is 4.01. The Kier molecular flexibility index (Phi) is 6.07. The summed E-state index contributed by atoms with van der Waals surface area (Å²) < 4.78 is 0. The van der Waals surface area contributed by atoms with Gasteiger partial charge in [0.1, 0.15) is 12.1 Å². The fraction of sp³-hybridized carbons (Fsp3) is 0.320. The van der Waals surface area contributed by atoms with Gasteiger partial charge in [0.15, 0.2) is 0 Å². The molecule has 1 aliphatic rings. The lowest BCUT2D eigenvalue weighted by Gasteiger charge is -2.32. The van der Waals surface area contributed by atoms with E-state index in [1.54, 1.807) is 6.33 Å². The van der Waals surface area contributed by atoms with Crippen molar-refractivity contribution in [3.05, 3.63) is 72.6 Å². The molecular weight excluding hydrogens is 372 g/mol.